The van der Waals surface area contributed by atoms with Crippen molar-refractivity contribution in [3.05, 3.63) is 114 Å². The van der Waals surface area contributed by atoms with Crippen molar-refractivity contribution in [2.24, 2.45) is 0 Å². The van der Waals surface area contributed by atoms with Gasteiger partial charge in [-0.3, -0.25) is 0 Å². The molecule has 0 radical (unpaired) electrons. The maximum atomic E-state index is 11.6. The Balaban J connectivity index is 1.70. The zero-order valence-corrected chi connectivity index (χ0v) is 24.9. The molecular weight excluding hydrogens is 508 g/mol. The summed E-state index contributed by atoms with van der Waals surface area (Å²) in [6, 6.07) is 33.2. The first-order valence-electron chi connectivity index (χ1n) is 13.6. The van der Waals surface area contributed by atoms with Gasteiger partial charge >= 0.3 is 0 Å². The van der Waals surface area contributed by atoms with Crippen LogP contribution in [-0.4, -0.2) is 15.1 Å². The van der Waals surface area contributed by atoms with E-state index in [9.17, 15) is 5.11 Å². The van der Waals surface area contributed by atoms with Gasteiger partial charge in [-0.15, -0.1) is 0 Å². The number of phenolic OH excluding ortho intramolecular Hbond substituents is 1. The van der Waals surface area contributed by atoms with Gasteiger partial charge in [0, 0.05) is 33.3 Å². The van der Waals surface area contributed by atoms with Crippen LogP contribution in [0.2, 0.25) is 0 Å². The summed E-state index contributed by atoms with van der Waals surface area (Å²) in [5.41, 5.74) is 7.37. The maximum Gasteiger partial charge on any atom is 0.128 e. The van der Waals surface area contributed by atoms with Gasteiger partial charge in [0.1, 0.15) is 10.8 Å². The van der Waals surface area contributed by atoms with Crippen molar-refractivity contribution in [3.63, 3.8) is 0 Å². The summed E-state index contributed by atoms with van der Waals surface area (Å²) in [6.07, 6.45) is 1.81. The van der Waals surface area contributed by atoms with E-state index in [4.69, 9.17) is 4.98 Å². The molecule has 0 bridgehead atoms. The Hall–Kier alpha value is -3.89. The molecule has 0 aliphatic heterocycles. The molecule has 0 amide bonds. The Morgan fingerprint density at radius 3 is 2.05 bits per heavy atom. The van der Waals surface area contributed by atoms with E-state index in [-0.39, 0.29) is 10.8 Å². The molecule has 0 spiro atoms. The lowest BCUT2D eigenvalue weighted by Gasteiger charge is -2.27. The van der Waals surface area contributed by atoms with E-state index < -0.39 is 0 Å². The zero-order valence-electron chi connectivity index (χ0n) is 24.1. The van der Waals surface area contributed by atoms with Crippen molar-refractivity contribution >= 4 is 11.8 Å². The van der Waals surface area contributed by atoms with Crippen LogP contribution >= 0.6 is 11.8 Å². The molecular formula is C36H36N2OS. The highest BCUT2D eigenvalue weighted by molar-refractivity contribution is 7.99. The Morgan fingerprint density at radius 1 is 0.650 bits per heavy atom. The molecule has 40 heavy (non-hydrogen) atoms. The van der Waals surface area contributed by atoms with Crippen molar-refractivity contribution in [1.29, 1.82) is 0 Å². The molecule has 3 aromatic carbocycles. The first kappa shape index (κ1) is 27.7. The lowest BCUT2D eigenvalue weighted by Crippen LogP contribution is -2.17. The van der Waals surface area contributed by atoms with E-state index in [0.29, 0.717) is 5.75 Å². The van der Waals surface area contributed by atoms with Crippen LogP contribution in [-0.2, 0) is 10.8 Å². The second kappa shape index (κ2) is 10.9. The average molecular weight is 545 g/mol. The fourth-order valence-corrected chi connectivity index (χ4v) is 5.58. The van der Waals surface area contributed by atoms with Crippen LogP contribution in [0.3, 0.4) is 0 Å². The Morgan fingerprint density at radius 2 is 1.38 bits per heavy atom. The largest absolute Gasteiger partial charge is 0.507 e. The molecule has 3 nitrogen and oxygen atoms in total. The molecule has 4 heteroatoms. The fraction of sp³-hybridized carbons (Fsp3) is 0.222. The number of aromatic nitrogens is 2. The minimum absolute atomic E-state index is 0.0771. The second-order valence-electron chi connectivity index (χ2n) is 12.2. The highest BCUT2D eigenvalue weighted by Gasteiger charge is 2.26. The summed E-state index contributed by atoms with van der Waals surface area (Å²) < 4.78 is 0. The molecule has 1 N–H and O–H groups in total. The smallest absolute Gasteiger partial charge is 0.128 e. The molecule has 0 aliphatic rings. The molecule has 5 aromatic rings. The predicted octanol–water partition coefficient (Wildman–Crippen LogP) is 9.93. The van der Waals surface area contributed by atoms with Crippen molar-refractivity contribution < 1.29 is 5.11 Å². The molecule has 0 saturated carbocycles. The highest BCUT2D eigenvalue weighted by atomic mass is 32.2. The number of phenols is 1. The maximum absolute atomic E-state index is 11.6. The number of hydrogen-bond donors (Lipinski definition) is 1. The molecule has 0 unspecified atom stereocenters. The van der Waals surface area contributed by atoms with Gasteiger partial charge in [0.25, 0.3) is 0 Å². The van der Waals surface area contributed by atoms with Gasteiger partial charge in [0.15, 0.2) is 0 Å². The summed E-state index contributed by atoms with van der Waals surface area (Å²) in [6.45, 7) is 13.0. The minimum Gasteiger partial charge on any atom is -0.507 e. The van der Waals surface area contributed by atoms with Gasteiger partial charge in [-0.25, -0.2) is 9.97 Å². The van der Waals surface area contributed by atoms with E-state index in [1.807, 2.05) is 36.5 Å². The molecule has 0 saturated heterocycles. The molecule has 0 fully saturated rings. The first-order valence-corrected chi connectivity index (χ1v) is 14.5. The number of rotatable bonds is 5. The van der Waals surface area contributed by atoms with Crippen LogP contribution in [0.25, 0.3) is 33.6 Å². The van der Waals surface area contributed by atoms with Gasteiger partial charge in [0.2, 0.25) is 0 Å². The fourth-order valence-electron chi connectivity index (χ4n) is 4.75. The van der Waals surface area contributed by atoms with Gasteiger partial charge in [-0.05, 0) is 58.4 Å². The Bertz CT molecular complexity index is 1630. The van der Waals surface area contributed by atoms with Crippen molar-refractivity contribution in [2.45, 2.75) is 62.3 Å². The summed E-state index contributed by atoms with van der Waals surface area (Å²) in [5.74, 6) is 0.297. The third-order valence-electron chi connectivity index (χ3n) is 7.01. The van der Waals surface area contributed by atoms with Crippen molar-refractivity contribution in [2.75, 3.05) is 0 Å². The Labute approximate surface area is 242 Å². The number of aromatic hydroxyl groups is 1. The first-order chi connectivity index (χ1) is 19.0. The minimum atomic E-state index is -0.218. The lowest BCUT2D eigenvalue weighted by atomic mass is 9.78. The van der Waals surface area contributed by atoms with Crippen LogP contribution in [0, 0.1) is 0 Å². The van der Waals surface area contributed by atoms with E-state index in [0.717, 1.165) is 49.1 Å². The molecule has 2 aromatic heterocycles. The van der Waals surface area contributed by atoms with Gasteiger partial charge in [0.05, 0.1) is 11.4 Å². The Kier molecular flexibility index (Phi) is 7.57. The molecule has 5 rings (SSSR count). The molecule has 0 atom stereocenters. The number of benzene rings is 3. The number of nitrogens with zero attached hydrogens (tertiary/aromatic N) is 2. The summed E-state index contributed by atoms with van der Waals surface area (Å²) in [7, 11) is 0. The van der Waals surface area contributed by atoms with E-state index in [2.05, 4.69) is 113 Å². The van der Waals surface area contributed by atoms with Crippen molar-refractivity contribution in [1.82, 2.24) is 9.97 Å². The van der Waals surface area contributed by atoms with Crippen LogP contribution in [0.5, 0.6) is 5.75 Å². The van der Waals surface area contributed by atoms with E-state index >= 15 is 0 Å². The standard InChI is InChI=1S/C36H36N2OS/c1-35(2,3)26-22-29(34(39)30(23-26)36(4,5)6)31-19-18-28(24-13-8-7-9-14-24)33(38-31)25-15-12-16-27(21-25)40-32-17-10-11-20-37-32/h7-23,39H,1-6H3. The normalized spacial score (nSPS) is 11.9. The highest BCUT2D eigenvalue weighted by Crippen LogP contribution is 2.43. The summed E-state index contributed by atoms with van der Waals surface area (Å²) in [5, 5.41) is 12.5. The average Bonchev–Trinajstić information content (AvgIpc) is 2.93. The molecule has 0 aliphatic carbocycles. The van der Waals surface area contributed by atoms with Gasteiger partial charge in [-0.1, -0.05) is 114 Å². The van der Waals surface area contributed by atoms with Crippen LogP contribution in [0.4, 0.5) is 0 Å². The third kappa shape index (κ3) is 5.97. The van der Waals surface area contributed by atoms with Crippen LogP contribution in [0.1, 0.15) is 52.7 Å². The monoisotopic (exact) mass is 544 g/mol. The van der Waals surface area contributed by atoms with Gasteiger partial charge in [-0.2, -0.15) is 0 Å². The topological polar surface area (TPSA) is 46.0 Å². The van der Waals surface area contributed by atoms with E-state index in [1.54, 1.807) is 11.8 Å². The van der Waals surface area contributed by atoms with E-state index in [1.165, 1.54) is 5.56 Å². The summed E-state index contributed by atoms with van der Waals surface area (Å²) in [4.78, 5) is 10.8. The van der Waals surface area contributed by atoms with Crippen LogP contribution in [0.15, 0.2) is 113 Å². The van der Waals surface area contributed by atoms with Crippen LogP contribution < -0.4 is 0 Å². The summed E-state index contributed by atoms with van der Waals surface area (Å²) >= 11 is 1.63. The third-order valence-corrected chi connectivity index (χ3v) is 7.95. The molecule has 2 heterocycles. The number of pyridine rings is 2. The zero-order chi connectivity index (χ0) is 28.5. The quantitative estimate of drug-likeness (QED) is 0.239. The second-order valence-corrected chi connectivity index (χ2v) is 13.3. The molecule has 202 valence electrons. The van der Waals surface area contributed by atoms with Gasteiger partial charge < -0.3 is 5.11 Å². The number of hydrogen-bond acceptors (Lipinski definition) is 4. The van der Waals surface area contributed by atoms with Crippen molar-refractivity contribution in [3.8, 4) is 39.4 Å². The lowest BCUT2D eigenvalue weighted by molar-refractivity contribution is 0.446. The predicted molar refractivity (Wildman–Crippen MR) is 168 cm³/mol. The SMILES string of the molecule is CC(C)(C)c1cc(-c2ccc(-c3ccccc3)c(-c3cccc(Sc4ccccn4)c3)n2)c(O)c(C(C)(C)C)c1.